The molecule has 1 spiro atoms. The highest BCUT2D eigenvalue weighted by atomic mass is 16.5. The molecule has 150 valence electrons. The molecule has 0 saturated carbocycles. The van der Waals surface area contributed by atoms with Gasteiger partial charge in [0, 0.05) is 51.3 Å². The Hall–Kier alpha value is -1.40. The highest BCUT2D eigenvalue weighted by molar-refractivity contribution is 5.77. The van der Waals surface area contributed by atoms with Gasteiger partial charge in [-0.15, -0.1) is 0 Å². The first kappa shape index (κ1) is 18.9. The van der Waals surface area contributed by atoms with Crippen molar-refractivity contribution >= 4 is 5.91 Å². The number of hydrogen-bond donors (Lipinski definition) is 1. The molecule has 4 rings (SSSR count). The van der Waals surface area contributed by atoms with Gasteiger partial charge in [0.25, 0.3) is 0 Å². The van der Waals surface area contributed by atoms with Crippen LogP contribution in [-0.4, -0.2) is 64.1 Å². The summed E-state index contributed by atoms with van der Waals surface area (Å²) in [6, 6.07) is 0. The molecular formula is C21H34N4O2. The summed E-state index contributed by atoms with van der Waals surface area (Å²) in [5.74, 6) is 0.978. The van der Waals surface area contributed by atoms with Gasteiger partial charge in [-0.1, -0.05) is 6.92 Å². The van der Waals surface area contributed by atoms with E-state index in [1.807, 2.05) is 13.3 Å². The summed E-state index contributed by atoms with van der Waals surface area (Å²) >= 11 is 0. The standard InChI is InChI=1S/C21H34N4O2/c1-4-18(26)25-9-5-17-19(23-15-22-17)21(25)7-10-24(11-8-21)14-16-6-12-27-20(2,3)13-16/h15-16H,4-14H2,1-3H3,(H,22,23). The van der Waals surface area contributed by atoms with Gasteiger partial charge in [-0.05, 0) is 45.4 Å². The van der Waals surface area contributed by atoms with Crippen LogP contribution in [0.1, 0.15) is 64.3 Å². The maximum Gasteiger partial charge on any atom is 0.223 e. The van der Waals surface area contributed by atoms with E-state index in [-0.39, 0.29) is 17.0 Å². The van der Waals surface area contributed by atoms with E-state index in [2.05, 4.69) is 33.6 Å². The summed E-state index contributed by atoms with van der Waals surface area (Å²) in [6.45, 7) is 11.3. The van der Waals surface area contributed by atoms with Gasteiger partial charge in [0.1, 0.15) is 0 Å². The third kappa shape index (κ3) is 3.54. The molecule has 1 aromatic heterocycles. The fraction of sp³-hybridized carbons (Fsp3) is 0.810. The summed E-state index contributed by atoms with van der Waals surface area (Å²) in [5, 5.41) is 0. The van der Waals surface area contributed by atoms with Gasteiger partial charge in [-0.3, -0.25) is 4.79 Å². The highest BCUT2D eigenvalue weighted by Gasteiger charge is 2.48. The number of H-pyrrole nitrogens is 1. The SMILES string of the molecule is CCC(=O)N1CCc2[nH]cnc2C12CCN(CC1CCOC(C)(C)C1)CC2. The average molecular weight is 375 g/mol. The Kier molecular flexibility index (Phi) is 5.06. The molecule has 3 aliphatic rings. The van der Waals surface area contributed by atoms with Crippen LogP contribution in [0.2, 0.25) is 0 Å². The lowest BCUT2D eigenvalue weighted by molar-refractivity contribution is -0.142. The molecule has 2 saturated heterocycles. The van der Waals surface area contributed by atoms with Gasteiger partial charge in [0.05, 0.1) is 23.2 Å². The van der Waals surface area contributed by atoms with Gasteiger partial charge in [-0.2, -0.15) is 0 Å². The molecule has 1 aromatic rings. The van der Waals surface area contributed by atoms with Gasteiger partial charge in [-0.25, -0.2) is 4.98 Å². The number of piperidine rings is 1. The van der Waals surface area contributed by atoms with Gasteiger partial charge in [0.15, 0.2) is 0 Å². The Morgan fingerprint density at radius 2 is 2.11 bits per heavy atom. The van der Waals surface area contributed by atoms with Crippen LogP contribution in [0.15, 0.2) is 6.33 Å². The van der Waals surface area contributed by atoms with Crippen molar-refractivity contribution in [1.29, 1.82) is 0 Å². The van der Waals surface area contributed by atoms with Crippen LogP contribution < -0.4 is 0 Å². The second-order valence-electron chi connectivity index (χ2n) is 9.18. The van der Waals surface area contributed by atoms with Crippen molar-refractivity contribution in [2.45, 2.75) is 70.4 Å². The van der Waals surface area contributed by atoms with Crippen LogP contribution in [0.5, 0.6) is 0 Å². The maximum atomic E-state index is 12.7. The lowest BCUT2D eigenvalue weighted by Gasteiger charge is -2.51. The minimum atomic E-state index is -0.202. The van der Waals surface area contributed by atoms with Crippen LogP contribution in [0.25, 0.3) is 0 Å². The van der Waals surface area contributed by atoms with E-state index in [9.17, 15) is 4.79 Å². The molecule has 0 bridgehead atoms. The van der Waals surface area contributed by atoms with Crippen molar-refractivity contribution in [3.8, 4) is 0 Å². The molecule has 0 radical (unpaired) electrons. The molecule has 0 aromatic carbocycles. The topological polar surface area (TPSA) is 61.5 Å². The average Bonchev–Trinajstić information content (AvgIpc) is 3.12. The summed E-state index contributed by atoms with van der Waals surface area (Å²) in [5.41, 5.74) is 2.17. The van der Waals surface area contributed by atoms with E-state index in [0.717, 1.165) is 70.6 Å². The number of carbonyl (C=O) groups is 1. The highest BCUT2D eigenvalue weighted by Crippen LogP contribution is 2.43. The number of imidazole rings is 1. The molecule has 3 aliphatic heterocycles. The molecule has 2 fully saturated rings. The number of hydrogen-bond acceptors (Lipinski definition) is 4. The molecule has 0 aliphatic carbocycles. The number of aromatic amines is 1. The lowest BCUT2D eigenvalue weighted by atomic mass is 9.78. The fourth-order valence-electron chi connectivity index (χ4n) is 5.52. The largest absolute Gasteiger partial charge is 0.376 e. The predicted octanol–water partition coefficient (Wildman–Crippen LogP) is 2.70. The van der Waals surface area contributed by atoms with Crippen LogP contribution in [0.3, 0.4) is 0 Å². The Bertz CT molecular complexity index is 675. The summed E-state index contributed by atoms with van der Waals surface area (Å²) in [6.07, 6.45) is 7.55. The number of carbonyl (C=O) groups excluding carboxylic acids is 1. The molecule has 1 amide bonds. The number of aromatic nitrogens is 2. The lowest BCUT2D eigenvalue weighted by Crippen LogP contribution is -2.58. The van der Waals surface area contributed by atoms with E-state index in [4.69, 9.17) is 4.74 Å². The molecule has 1 atom stereocenters. The molecule has 27 heavy (non-hydrogen) atoms. The quantitative estimate of drug-likeness (QED) is 0.884. The normalized spacial score (nSPS) is 27.5. The van der Waals surface area contributed by atoms with E-state index in [1.165, 1.54) is 5.69 Å². The number of rotatable bonds is 3. The van der Waals surface area contributed by atoms with Crippen molar-refractivity contribution < 1.29 is 9.53 Å². The number of amides is 1. The van der Waals surface area contributed by atoms with Crippen molar-refractivity contribution in [1.82, 2.24) is 19.8 Å². The molecular weight excluding hydrogens is 340 g/mol. The van der Waals surface area contributed by atoms with E-state index in [0.29, 0.717) is 12.3 Å². The van der Waals surface area contributed by atoms with Crippen LogP contribution in [0.4, 0.5) is 0 Å². The predicted molar refractivity (Wildman–Crippen MR) is 104 cm³/mol. The van der Waals surface area contributed by atoms with Crippen LogP contribution in [0, 0.1) is 5.92 Å². The number of likely N-dealkylation sites (tertiary alicyclic amines) is 1. The monoisotopic (exact) mass is 374 g/mol. The van der Waals surface area contributed by atoms with Gasteiger partial charge >= 0.3 is 0 Å². The van der Waals surface area contributed by atoms with Crippen molar-refractivity contribution in [2.75, 3.05) is 32.8 Å². The zero-order valence-electron chi connectivity index (χ0n) is 17.1. The first-order chi connectivity index (χ1) is 12.9. The number of fused-ring (bicyclic) bond motifs is 2. The molecule has 4 heterocycles. The third-order valence-corrected chi connectivity index (χ3v) is 6.86. The molecule has 1 unspecified atom stereocenters. The zero-order chi connectivity index (χ0) is 19.1. The molecule has 1 N–H and O–H groups in total. The van der Waals surface area contributed by atoms with Crippen LogP contribution >= 0.6 is 0 Å². The van der Waals surface area contributed by atoms with Gasteiger partial charge in [0.2, 0.25) is 5.91 Å². The minimum absolute atomic E-state index is 0.0115. The first-order valence-corrected chi connectivity index (χ1v) is 10.6. The fourth-order valence-corrected chi connectivity index (χ4v) is 5.52. The number of nitrogens with zero attached hydrogens (tertiary/aromatic N) is 3. The van der Waals surface area contributed by atoms with Crippen molar-refractivity contribution in [3.63, 3.8) is 0 Å². The second kappa shape index (κ2) is 7.21. The Morgan fingerprint density at radius 1 is 1.33 bits per heavy atom. The van der Waals surface area contributed by atoms with Crippen molar-refractivity contribution in [2.24, 2.45) is 5.92 Å². The van der Waals surface area contributed by atoms with E-state index >= 15 is 0 Å². The van der Waals surface area contributed by atoms with E-state index in [1.54, 1.807) is 0 Å². The first-order valence-electron chi connectivity index (χ1n) is 10.6. The summed E-state index contributed by atoms with van der Waals surface area (Å²) in [4.78, 5) is 25.4. The van der Waals surface area contributed by atoms with Crippen LogP contribution in [-0.2, 0) is 21.5 Å². The van der Waals surface area contributed by atoms with E-state index < -0.39 is 0 Å². The Labute approximate surface area is 162 Å². The minimum Gasteiger partial charge on any atom is -0.376 e. The Balaban J connectivity index is 1.47. The maximum absolute atomic E-state index is 12.7. The summed E-state index contributed by atoms with van der Waals surface area (Å²) < 4.78 is 5.88. The Morgan fingerprint density at radius 3 is 2.81 bits per heavy atom. The molecule has 6 nitrogen and oxygen atoms in total. The second-order valence-corrected chi connectivity index (χ2v) is 9.18. The van der Waals surface area contributed by atoms with Gasteiger partial charge < -0.3 is 19.5 Å². The smallest absolute Gasteiger partial charge is 0.223 e. The summed E-state index contributed by atoms with van der Waals surface area (Å²) in [7, 11) is 0. The van der Waals surface area contributed by atoms with Crippen molar-refractivity contribution in [3.05, 3.63) is 17.7 Å². The number of ether oxygens (including phenoxy) is 1. The third-order valence-electron chi connectivity index (χ3n) is 6.86. The zero-order valence-corrected chi connectivity index (χ0v) is 17.1. The molecule has 6 heteroatoms. The number of nitrogens with one attached hydrogen (secondary N) is 1.